The minimum Gasteiger partial charge on any atom is -0.490 e. The quantitative estimate of drug-likeness (QED) is 0.797. The Labute approximate surface area is 104 Å². The second-order valence-corrected chi connectivity index (χ2v) is 4.16. The average molecular weight is 247 g/mol. The molecular weight excluding hydrogens is 234 g/mol. The van der Waals surface area contributed by atoms with Gasteiger partial charge in [-0.1, -0.05) is 29.3 Å². The molecule has 0 saturated carbocycles. The van der Waals surface area contributed by atoms with E-state index in [1.807, 2.05) is 24.3 Å². The van der Waals surface area contributed by atoms with Gasteiger partial charge in [-0.2, -0.15) is 0 Å². The van der Waals surface area contributed by atoms with Crippen LogP contribution in [0.2, 0.25) is 0 Å². The summed E-state index contributed by atoms with van der Waals surface area (Å²) in [6, 6.07) is 7.96. The van der Waals surface area contributed by atoms with Crippen LogP contribution in [-0.2, 0) is 6.54 Å². The Hall–Kier alpha value is -1.88. The van der Waals surface area contributed by atoms with Crippen molar-refractivity contribution in [2.45, 2.75) is 6.54 Å². The molecule has 0 aliphatic heterocycles. The van der Waals surface area contributed by atoms with Crippen LogP contribution < -0.4 is 10.1 Å². The number of hydrogen-bond acceptors (Lipinski definition) is 5. The molecule has 0 amide bonds. The van der Waals surface area contributed by atoms with E-state index >= 15 is 0 Å². The van der Waals surface area contributed by atoms with Gasteiger partial charge in [-0.15, -0.1) is 5.10 Å². The first-order valence-corrected chi connectivity index (χ1v) is 5.99. The largest absolute Gasteiger partial charge is 0.490 e. The van der Waals surface area contributed by atoms with Gasteiger partial charge in [0.05, 0.1) is 6.20 Å². The Morgan fingerprint density at radius 1 is 1.35 bits per heavy atom. The number of hydrogen-bond donors (Lipinski definition) is 1. The highest BCUT2D eigenvalue weighted by molar-refractivity contribution is 7.09. The maximum absolute atomic E-state index is 5.40. The zero-order valence-corrected chi connectivity index (χ0v) is 10.1. The van der Waals surface area contributed by atoms with Crippen molar-refractivity contribution in [3.63, 3.8) is 0 Å². The second kappa shape index (κ2) is 6.00. The van der Waals surface area contributed by atoms with E-state index in [4.69, 9.17) is 4.74 Å². The van der Waals surface area contributed by atoms with E-state index in [1.165, 1.54) is 17.1 Å². The Bertz CT molecular complexity index is 453. The lowest BCUT2D eigenvalue weighted by atomic mass is 10.2. The predicted octanol–water partition coefficient (Wildman–Crippen LogP) is 2.72. The van der Waals surface area contributed by atoms with Gasteiger partial charge in [0.1, 0.15) is 17.4 Å². The smallest absolute Gasteiger partial charge is 0.130 e. The summed E-state index contributed by atoms with van der Waals surface area (Å²) < 4.78 is 9.19. The van der Waals surface area contributed by atoms with E-state index in [-0.39, 0.29) is 0 Å². The van der Waals surface area contributed by atoms with E-state index in [2.05, 4.69) is 21.5 Å². The van der Waals surface area contributed by atoms with Crippen LogP contribution in [0, 0.1) is 0 Å². The molecular formula is C12H13N3OS. The molecule has 0 saturated heterocycles. The van der Waals surface area contributed by atoms with E-state index in [9.17, 15) is 0 Å². The van der Waals surface area contributed by atoms with Gasteiger partial charge in [-0.05, 0) is 17.7 Å². The normalized spacial score (nSPS) is 9.88. The van der Waals surface area contributed by atoms with Crippen LogP contribution in [0.1, 0.15) is 5.56 Å². The first kappa shape index (κ1) is 11.6. The molecule has 0 fully saturated rings. The molecule has 0 unspecified atom stereocenters. The van der Waals surface area contributed by atoms with Crippen molar-refractivity contribution < 1.29 is 4.74 Å². The number of benzene rings is 1. The van der Waals surface area contributed by atoms with Crippen LogP contribution >= 0.6 is 11.5 Å². The van der Waals surface area contributed by atoms with Gasteiger partial charge in [0.2, 0.25) is 0 Å². The van der Waals surface area contributed by atoms with Crippen molar-refractivity contribution in [1.29, 1.82) is 0 Å². The average Bonchev–Trinajstić information content (AvgIpc) is 2.88. The van der Waals surface area contributed by atoms with Crippen molar-refractivity contribution in [2.24, 2.45) is 0 Å². The highest BCUT2D eigenvalue weighted by atomic mass is 32.1. The summed E-state index contributed by atoms with van der Waals surface area (Å²) in [6.45, 7) is 4.89. The molecule has 17 heavy (non-hydrogen) atoms. The summed E-state index contributed by atoms with van der Waals surface area (Å²) in [7, 11) is 0. The summed E-state index contributed by atoms with van der Waals surface area (Å²) in [6.07, 6.45) is 3.44. The molecule has 0 aliphatic rings. The molecule has 1 N–H and O–H groups in total. The molecule has 0 bridgehead atoms. The Morgan fingerprint density at radius 3 is 2.82 bits per heavy atom. The monoisotopic (exact) mass is 247 g/mol. The molecule has 0 radical (unpaired) electrons. The summed E-state index contributed by atoms with van der Waals surface area (Å²) in [5, 5.41) is 7.97. The third-order valence-corrected chi connectivity index (χ3v) is 2.74. The highest BCUT2D eigenvalue weighted by Gasteiger charge is 1.97. The fraction of sp³-hybridized carbons (Fsp3) is 0.167. The fourth-order valence-electron chi connectivity index (χ4n) is 1.29. The maximum Gasteiger partial charge on any atom is 0.130 e. The molecule has 1 heterocycles. The van der Waals surface area contributed by atoms with Crippen molar-refractivity contribution in [3.05, 3.63) is 48.7 Å². The van der Waals surface area contributed by atoms with Crippen LogP contribution in [0.15, 0.2) is 43.1 Å². The zero-order chi connectivity index (χ0) is 11.9. The van der Waals surface area contributed by atoms with Crippen molar-refractivity contribution >= 4 is 16.5 Å². The standard InChI is InChI=1S/C12H13N3OS/c1-2-7-16-11-5-3-10(4-6-11)8-13-12-9-14-15-17-12/h2-6,9,13H,1,7-8H2. The third kappa shape index (κ3) is 3.57. The number of anilines is 1. The lowest BCUT2D eigenvalue weighted by Crippen LogP contribution is -1.98. The van der Waals surface area contributed by atoms with Gasteiger partial charge in [0.15, 0.2) is 0 Å². The molecule has 1 aromatic carbocycles. The van der Waals surface area contributed by atoms with Gasteiger partial charge in [0.25, 0.3) is 0 Å². The number of nitrogens with zero attached hydrogens (tertiary/aromatic N) is 2. The number of rotatable bonds is 6. The molecule has 4 nitrogen and oxygen atoms in total. The Morgan fingerprint density at radius 2 is 2.18 bits per heavy atom. The van der Waals surface area contributed by atoms with Crippen molar-refractivity contribution in [1.82, 2.24) is 9.59 Å². The SMILES string of the molecule is C=CCOc1ccc(CNc2cnns2)cc1. The van der Waals surface area contributed by atoms with Crippen LogP contribution in [0.4, 0.5) is 5.00 Å². The molecule has 88 valence electrons. The van der Waals surface area contributed by atoms with Crippen molar-refractivity contribution in [2.75, 3.05) is 11.9 Å². The second-order valence-electron chi connectivity index (χ2n) is 3.38. The van der Waals surface area contributed by atoms with Crippen LogP contribution in [0.5, 0.6) is 5.75 Å². The van der Waals surface area contributed by atoms with Gasteiger partial charge in [0, 0.05) is 18.1 Å². The van der Waals surface area contributed by atoms with Gasteiger partial charge in [-0.25, -0.2) is 0 Å². The molecule has 5 heteroatoms. The van der Waals surface area contributed by atoms with Crippen LogP contribution in [-0.4, -0.2) is 16.2 Å². The number of ether oxygens (including phenoxy) is 1. The van der Waals surface area contributed by atoms with E-state index in [1.54, 1.807) is 12.3 Å². The van der Waals surface area contributed by atoms with Crippen LogP contribution in [0.25, 0.3) is 0 Å². The summed E-state index contributed by atoms with van der Waals surface area (Å²) in [5.41, 5.74) is 1.18. The molecule has 2 rings (SSSR count). The zero-order valence-electron chi connectivity index (χ0n) is 9.30. The highest BCUT2D eigenvalue weighted by Crippen LogP contribution is 2.15. The molecule has 2 aromatic rings. The maximum atomic E-state index is 5.40. The lowest BCUT2D eigenvalue weighted by Gasteiger charge is -2.05. The van der Waals surface area contributed by atoms with E-state index < -0.39 is 0 Å². The number of nitrogens with one attached hydrogen (secondary N) is 1. The topological polar surface area (TPSA) is 47.0 Å². The first-order valence-electron chi connectivity index (χ1n) is 5.22. The molecule has 0 atom stereocenters. The van der Waals surface area contributed by atoms with Gasteiger partial charge < -0.3 is 10.1 Å². The number of aromatic nitrogens is 2. The molecule has 0 spiro atoms. The Balaban J connectivity index is 1.87. The minimum atomic E-state index is 0.532. The fourth-order valence-corrected chi connectivity index (χ4v) is 1.71. The van der Waals surface area contributed by atoms with Crippen molar-refractivity contribution in [3.8, 4) is 5.75 Å². The summed E-state index contributed by atoms with van der Waals surface area (Å²) >= 11 is 1.35. The third-order valence-electron chi connectivity index (χ3n) is 2.12. The molecule has 1 aromatic heterocycles. The summed E-state index contributed by atoms with van der Waals surface area (Å²) in [4.78, 5) is 0. The predicted molar refractivity (Wildman–Crippen MR) is 69.4 cm³/mol. The Kier molecular flexibility index (Phi) is 4.10. The van der Waals surface area contributed by atoms with Gasteiger partial charge in [-0.3, -0.25) is 0 Å². The van der Waals surface area contributed by atoms with E-state index in [0.29, 0.717) is 6.61 Å². The molecule has 0 aliphatic carbocycles. The van der Waals surface area contributed by atoms with E-state index in [0.717, 1.165) is 17.3 Å². The minimum absolute atomic E-state index is 0.532. The van der Waals surface area contributed by atoms with Crippen LogP contribution in [0.3, 0.4) is 0 Å². The lowest BCUT2D eigenvalue weighted by molar-refractivity contribution is 0.363. The van der Waals surface area contributed by atoms with Gasteiger partial charge >= 0.3 is 0 Å². The summed E-state index contributed by atoms with van der Waals surface area (Å²) in [5.74, 6) is 0.855. The first-order chi connectivity index (χ1) is 8.38.